The molecule has 2 aromatic carbocycles. The number of nitrogens with one attached hydrogen (secondary N) is 2. The highest BCUT2D eigenvalue weighted by Gasteiger charge is 2.14. The molecule has 6 nitrogen and oxygen atoms in total. The van der Waals surface area contributed by atoms with Crippen molar-refractivity contribution in [1.82, 2.24) is 10.1 Å². The van der Waals surface area contributed by atoms with E-state index >= 15 is 0 Å². The van der Waals surface area contributed by atoms with Gasteiger partial charge in [-0.15, -0.1) is 0 Å². The lowest BCUT2D eigenvalue weighted by atomic mass is 10.2. The van der Waals surface area contributed by atoms with E-state index in [1.165, 1.54) is 18.3 Å². The van der Waals surface area contributed by atoms with E-state index in [9.17, 15) is 13.2 Å². The van der Waals surface area contributed by atoms with Crippen LogP contribution in [0.1, 0.15) is 11.1 Å². The number of rotatable bonds is 6. The van der Waals surface area contributed by atoms with Crippen molar-refractivity contribution in [2.45, 2.75) is 11.8 Å². The van der Waals surface area contributed by atoms with Crippen LogP contribution in [0.4, 0.5) is 0 Å². The number of aryl methyl sites for hydroxylation is 1. The van der Waals surface area contributed by atoms with E-state index in [0.717, 1.165) is 15.6 Å². The summed E-state index contributed by atoms with van der Waals surface area (Å²) in [6, 6.07) is 13.7. The Kier molecular flexibility index (Phi) is 6.24. The van der Waals surface area contributed by atoms with Gasteiger partial charge in [-0.2, -0.15) is 5.10 Å². The molecule has 2 rings (SSSR count). The second-order valence-electron chi connectivity index (χ2n) is 4.98. The third kappa shape index (κ3) is 5.55. The molecule has 24 heavy (non-hydrogen) atoms. The van der Waals surface area contributed by atoms with E-state index in [2.05, 4.69) is 31.2 Å². The molecule has 0 radical (unpaired) electrons. The summed E-state index contributed by atoms with van der Waals surface area (Å²) in [6.45, 7) is 1.47. The van der Waals surface area contributed by atoms with Crippen molar-refractivity contribution in [3.05, 3.63) is 64.1 Å². The van der Waals surface area contributed by atoms with Gasteiger partial charge in [-0.05, 0) is 36.8 Å². The molecule has 0 aliphatic rings. The van der Waals surface area contributed by atoms with E-state index in [0.29, 0.717) is 0 Å². The second kappa shape index (κ2) is 8.18. The van der Waals surface area contributed by atoms with Crippen molar-refractivity contribution < 1.29 is 13.2 Å². The van der Waals surface area contributed by atoms with Gasteiger partial charge in [0.05, 0.1) is 17.7 Å². The Hall–Kier alpha value is -2.03. The maximum atomic E-state index is 12.0. The SMILES string of the molecule is Cc1ccc(S(=O)(=O)NCC(=O)NN=Cc2ccc(Br)cc2)cc1. The quantitative estimate of drug-likeness (QED) is 0.565. The maximum Gasteiger partial charge on any atom is 0.255 e. The lowest BCUT2D eigenvalue weighted by Gasteiger charge is -2.06. The Labute approximate surface area is 149 Å². The first kappa shape index (κ1) is 18.3. The number of amides is 1. The first-order chi connectivity index (χ1) is 11.4. The van der Waals surface area contributed by atoms with E-state index in [1.807, 2.05) is 31.2 Å². The lowest BCUT2D eigenvalue weighted by molar-refractivity contribution is -0.119. The third-order valence-corrected chi connectivity index (χ3v) is 4.97. The van der Waals surface area contributed by atoms with Crippen molar-refractivity contribution in [2.75, 3.05) is 6.54 Å². The largest absolute Gasteiger partial charge is 0.272 e. The molecule has 0 unspecified atom stereocenters. The summed E-state index contributed by atoms with van der Waals surface area (Å²) >= 11 is 3.32. The van der Waals surface area contributed by atoms with Crippen LogP contribution < -0.4 is 10.1 Å². The molecule has 2 N–H and O–H groups in total. The number of benzene rings is 2. The van der Waals surface area contributed by atoms with Crippen LogP contribution in [0, 0.1) is 6.92 Å². The van der Waals surface area contributed by atoms with Gasteiger partial charge < -0.3 is 0 Å². The van der Waals surface area contributed by atoms with Crippen LogP contribution in [0.5, 0.6) is 0 Å². The minimum absolute atomic E-state index is 0.110. The van der Waals surface area contributed by atoms with E-state index < -0.39 is 22.5 Å². The van der Waals surface area contributed by atoms with Crippen LogP contribution in [0.3, 0.4) is 0 Å². The minimum atomic E-state index is -3.72. The van der Waals surface area contributed by atoms with Crippen LogP contribution in [0.25, 0.3) is 0 Å². The standard InChI is InChI=1S/C16H16BrN3O3S/c1-12-2-8-15(9-3-12)24(22,23)19-11-16(21)20-18-10-13-4-6-14(17)7-5-13/h2-10,19H,11H2,1H3,(H,20,21). The summed E-state index contributed by atoms with van der Waals surface area (Å²) in [6.07, 6.45) is 1.47. The van der Waals surface area contributed by atoms with Gasteiger partial charge in [-0.1, -0.05) is 45.8 Å². The fourth-order valence-corrected chi connectivity index (χ4v) is 2.97. The van der Waals surface area contributed by atoms with Crippen LogP contribution in [0.2, 0.25) is 0 Å². The number of hydrogen-bond donors (Lipinski definition) is 2. The Morgan fingerprint density at radius 3 is 2.38 bits per heavy atom. The average Bonchev–Trinajstić information content (AvgIpc) is 2.55. The van der Waals surface area contributed by atoms with Crippen molar-refractivity contribution in [1.29, 1.82) is 0 Å². The molecule has 0 aliphatic heterocycles. The smallest absolute Gasteiger partial charge is 0.255 e. The molecule has 0 atom stereocenters. The molecule has 0 aromatic heterocycles. The van der Waals surface area contributed by atoms with Gasteiger partial charge in [0.15, 0.2) is 0 Å². The third-order valence-electron chi connectivity index (χ3n) is 3.03. The summed E-state index contributed by atoms with van der Waals surface area (Å²) in [4.78, 5) is 11.8. The fourth-order valence-electron chi connectivity index (χ4n) is 1.73. The topological polar surface area (TPSA) is 87.6 Å². The zero-order chi connectivity index (χ0) is 17.6. The van der Waals surface area contributed by atoms with Gasteiger partial charge >= 0.3 is 0 Å². The molecule has 1 amide bonds. The number of carbonyl (C=O) groups is 1. The Morgan fingerprint density at radius 1 is 1.12 bits per heavy atom. The number of sulfonamides is 1. The van der Waals surface area contributed by atoms with Gasteiger partial charge in [0, 0.05) is 4.47 Å². The van der Waals surface area contributed by atoms with Crippen molar-refractivity contribution in [3.63, 3.8) is 0 Å². The summed E-state index contributed by atoms with van der Waals surface area (Å²) in [5.74, 6) is -0.556. The average molecular weight is 410 g/mol. The van der Waals surface area contributed by atoms with Crippen LogP contribution in [0.15, 0.2) is 63.0 Å². The molecule has 8 heteroatoms. The van der Waals surface area contributed by atoms with Crippen molar-refractivity contribution >= 4 is 38.1 Å². The summed E-state index contributed by atoms with van der Waals surface area (Å²) in [7, 11) is -3.72. The summed E-state index contributed by atoms with van der Waals surface area (Å²) in [5, 5.41) is 3.78. The highest BCUT2D eigenvalue weighted by molar-refractivity contribution is 9.10. The molecule has 0 heterocycles. The van der Waals surface area contributed by atoms with Gasteiger partial charge in [-0.3, -0.25) is 4.79 Å². The van der Waals surface area contributed by atoms with Crippen molar-refractivity contribution in [3.8, 4) is 0 Å². The Balaban J connectivity index is 1.86. The molecule has 0 aliphatic carbocycles. The predicted octanol–water partition coefficient (Wildman–Crippen LogP) is 2.19. The maximum absolute atomic E-state index is 12.0. The molecule has 0 bridgehead atoms. The number of halogens is 1. The van der Waals surface area contributed by atoms with Gasteiger partial charge in [0.25, 0.3) is 5.91 Å². The first-order valence-corrected chi connectivity index (χ1v) is 9.28. The summed E-state index contributed by atoms with van der Waals surface area (Å²) < 4.78 is 27.3. The fraction of sp³-hybridized carbons (Fsp3) is 0.125. The Bertz CT molecular complexity index is 832. The monoisotopic (exact) mass is 409 g/mol. The zero-order valence-corrected chi connectivity index (χ0v) is 15.3. The second-order valence-corrected chi connectivity index (χ2v) is 7.66. The molecule has 0 fully saturated rings. The van der Waals surface area contributed by atoms with Crippen LogP contribution in [-0.4, -0.2) is 27.1 Å². The van der Waals surface area contributed by atoms with Gasteiger partial charge in [-0.25, -0.2) is 18.6 Å². The molecule has 2 aromatic rings. The molecular weight excluding hydrogens is 394 g/mol. The number of nitrogens with zero attached hydrogens (tertiary/aromatic N) is 1. The first-order valence-electron chi connectivity index (χ1n) is 7.01. The number of hydrogen-bond acceptors (Lipinski definition) is 4. The van der Waals surface area contributed by atoms with Crippen molar-refractivity contribution in [2.24, 2.45) is 5.10 Å². The van der Waals surface area contributed by atoms with E-state index in [1.54, 1.807) is 12.1 Å². The van der Waals surface area contributed by atoms with Gasteiger partial charge in [0.2, 0.25) is 10.0 Å². The molecule has 126 valence electrons. The molecule has 0 saturated heterocycles. The Morgan fingerprint density at radius 2 is 1.75 bits per heavy atom. The van der Waals surface area contributed by atoms with Gasteiger partial charge in [0.1, 0.15) is 0 Å². The van der Waals surface area contributed by atoms with E-state index in [4.69, 9.17) is 0 Å². The molecule has 0 saturated carbocycles. The van der Waals surface area contributed by atoms with Crippen LogP contribution in [-0.2, 0) is 14.8 Å². The zero-order valence-electron chi connectivity index (χ0n) is 12.9. The number of carbonyl (C=O) groups excluding carboxylic acids is 1. The summed E-state index contributed by atoms with van der Waals surface area (Å²) in [5.41, 5.74) is 4.03. The minimum Gasteiger partial charge on any atom is -0.272 e. The highest BCUT2D eigenvalue weighted by atomic mass is 79.9. The molecule has 0 spiro atoms. The van der Waals surface area contributed by atoms with Crippen LogP contribution >= 0.6 is 15.9 Å². The van der Waals surface area contributed by atoms with E-state index in [-0.39, 0.29) is 4.90 Å². The molecular formula is C16H16BrN3O3S. The lowest BCUT2D eigenvalue weighted by Crippen LogP contribution is -2.34. The highest BCUT2D eigenvalue weighted by Crippen LogP contribution is 2.10. The predicted molar refractivity (Wildman–Crippen MR) is 96.2 cm³/mol. The number of hydrazone groups is 1. The normalized spacial score (nSPS) is 11.6.